The fourth-order valence-electron chi connectivity index (χ4n) is 0.752. The number of nitrogens with zero attached hydrogens (tertiary/aromatic N) is 1. The van der Waals surface area contributed by atoms with Gasteiger partial charge in [0.2, 0.25) is 0 Å². The maximum absolute atomic E-state index is 9.08. The van der Waals surface area contributed by atoms with Gasteiger partial charge in [-0.2, -0.15) is 4.67 Å². The van der Waals surface area contributed by atoms with Gasteiger partial charge in [0.25, 0.3) is 0 Å². The van der Waals surface area contributed by atoms with Crippen LogP contribution in [0.25, 0.3) is 0 Å². The van der Waals surface area contributed by atoms with Crippen LogP contribution in [0.5, 0.6) is 0 Å². The molecule has 0 spiro atoms. The molecule has 0 aliphatic heterocycles. The maximum atomic E-state index is 9.08. The molecule has 0 saturated heterocycles. The Morgan fingerprint density at radius 1 is 1.38 bits per heavy atom. The number of quaternary nitrogens is 1. The number of aliphatic hydroxyl groups is 2. The molecule has 0 bridgehead atoms. The SMILES string of the molecule is CP(NCC(O)CO)OOCC[N+](C)(C)C. The summed E-state index contributed by atoms with van der Waals surface area (Å²) in [6.45, 7) is 3.28. The second-order valence-corrected chi connectivity index (χ2v) is 6.07. The van der Waals surface area contributed by atoms with Crippen LogP contribution < -0.4 is 5.09 Å². The second-order valence-electron chi connectivity index (χ2n) is 4.61. The first-order valence-electron chi connectivity index (χ1n) is 5.21. The quantitative estimate of drug-likeness (QED) is 0.171. The molecule has 0 aromatic carbocycles. The van der Waals surface area contributed by atoms with Gasteiger partial charge in [-0.1, -0.05) is 0 Å². The van der Waals surface area contributed by atoms with Crippen molar-refractivity contribution in [2.75, 3.05) is 54.1 Å². The monoisotopic (exact) mass is 255 g/mol. The lowest BCUT2D eigenvalue weighted by Gasteiger charge is -2.23. The number of rotatable bonds is 9. The molecule has 3 N–H and O–H groups in total. The number of aliphatic hydroxyl groups excluding tert-OH is 2. The second kappa shape index (κ2) is 8.31. The third kappa shape index (κ3) is 10.7. The summed E-state index contributed by atoms with van der Waals surface area (Å²) in [6, 6.07) is 0. The van der Waals surface area contributed by atoms with E-state index in [1.165, 1.54) is 0 Å². The molecule has 2 atom stereocenters. The molecule has 0 amide bonds. The predicted octanol–water partition coefficient (Wildman–Crippen LogP) is -0.475. The Hall–Kier alpha value is 0.190. The minimum Gasteiger partial charge on any atom is -0.394 e. The zero-order chi connectivity index (χ0) is 12.6. The predicted molar refractivity (Wildman–Crippen MR) is 63.9 cm³/mol. The lowest BCUT2D eigenvalue weighted by Crippen LogP contribution is -2.37. The molecule has 16 heavy (non-hydrogen) atoms. The lowest BCUT2D eigenvalue weighted by molar-refractivity contribution is -0.871. The standard InChI is InChI=1S/C9H24N2O4P/c1-11(2,3)5-6-14-15-16(4)10-7-9(13)8-12/h9-10,12-13H,5-8H2,1-4H3/q+1. The Morgan fingerprint density at radius 2 is 2.00 bits per heavy atom. The molecular weight excluding hydrogens is 231 g/mol. The molecular formula is C9H24N2O4P+. The minimum atomic E-state index is -0.917. The van der Waals surface area contributed by atoms with Crippen molar-refractivity contribution in [1.29, 1.82) is 0 Å². The smallest absolute Gasteiger partial charge is 0.139 e. The summed E-state index contributed by atoms with van der Waals surface area (Å²) in [5.41, 5.74) is 0. The van der Waals surface area contributed by atoms with Gasteiger partial charge in [-0.05, 0) is 6.66 Å². The van der Waals surface area contributed by atoms with Crippen LogP contribution in [0.3, 0.4) is 0 Å². The Bertz CT molecular complexity index is 177. The number of likely N-dealkylation sites (N-methyl/N-ethyl adjacent to an activating group) is 1. The van der Waals surface area contributed by atoms with E-state index in [9.17, 15) is 0 Å². The largest absolute Gasteiger partial charge is 0.394 e. The zero-order valence-corrected chi connectivity index (χ0v) is 11.4. The van der Waals surface area contributed by atoms with Crippen LogP contribution in [0.1, 0.15) is 0 Å². The zero-order valence-electron chi connectivity index (χ0n) is 10.5. The van der Waals surface area contributed by atoms with Gasteiger partial charge >= 0.3 is 0 Å². The highest BCUT2D eigenvalue weighted by Gasteiger charge is 2.09. The first-order chi connectivity index (χ1) is 7.35. The average Bonchev–Trinajstić information content (AvgIpc) is 2.19. The lowest BCUT2D eigenvalue weighted by atomic mass is 10.4. The molecule has 0 fully saturated rings. The fraction of sp³-hybridized carbons (Fsp3) is 1.00. The van der Waals surface area contributed by atoms with Gasteiger partial charge in [0.1, 0.15) is 21.5 Å². The highest BCUT2D eigenvalue weighted by atomic mass is 31.2. The molecule has 0 radical (unpaired) electrons. The van der Waals surface area contributed by atoms with Gasteiger partial charge in [0, 0.05) is 6.54 Å². The summed E-state index contributed by atoms with van der Waals surface area (Å²) in [6.07, 6.45) is -0.750. The molecule has 0 rings (SSSR count). The highest BCUT2D eigenvalue weighted by molar-refractivity contribution is 7.49. The summed E-state index contributed by atoms with van der Waals surface area (Å²) < 4.78 is 5.90. The van der Waals surface area contributed by atoms with Gasteiger partial charge in [-0.15, -0.1) is 0 Å². The summed E-state index contributed by atoms with van der Waals surface area (Å²) in [5.74, 6) is 0. The molecule has 0 saturated carbocycles. The fourth-order valence-corrected chi connectivity index (χ4v) is 1.51. The molecule has 0 aliphatic rings. The Balaban J connectivity index is 3.40. The van der Waals surface area contributed by atoms with Crippen molar-refractivity contribution in [1.82, 2.24) is 5.09 Å². The third-order valence-electron chi connectivity index (χ3n) is 1.77. The Morgan fingerprint density at radius 3 is 2.50 bits per heavy atom. The molecule has 6 nitrogen and oxygen atoms in total. The molecule has 0 aromatic rings. The highest BCUT2D eigenvalue weighted by Crippen LogP contribution is 2.26. The summed E-state index contributed by atoms with van der Waals surface area (Å²) in [5, 5.41) is 20.6. The number of hydrogen-bond acceptors (Lipinski definition) is 5. The topological polar surface area (TPSA) is 71.0 Å². The first kappa shape index (κ1) is 16.2. The van der Waals surface area contributed by atoms with Gasteiger partial charge < -0.3 is 14.7 Å². The molecule has 0 aliphatic carbocycles. The van der Waals surface area contributed by atoms with E-state index < -0.39 is 14.4 Å². The summed E-state index contributed by atoms with van der Waals surface area (Å²) in [7, 11) is 5.32. The number of hydrogen-bond donors (Lipinski definition) is 3. The Labute approximate surface area is 98.6 Å². The first-order valence-corrected chi connectivity index (χ1v) is 6.92. The van der Waals surface area contributed by atoms with E-state index >= 15 is 0 Å². The van der Waals surface area contributed by atoms with Crippen molar-refractivity contribution < 1.29 is 24.3 Å². The van der Waals surface area contributed by atoms with Gasteiger partial charge in [0.15, 0.2) is 0 Å². The van der Waals surface area contributed by atoms with Crippen LogP contribution in [0.15, 0.2) is 0 Å². The van der Waals surface area contributed by atoms with Crippen LogP contribution in [0.4, 0.5) is 0 Å². The van der Waals surface area contributed by atoms with Crippen molar-refractivity contribution in [3.8, 4) is 0 Å². The van der Waals surface area contributed by atoms with Crippen LogP contribution in [-0.2, 0) is 9.56 Å². The van der Waals surface area contributed by atoms with Crippen molar-refractivity contribution in [2.45, 2.75) is 6.10 Å². The van der Waals surface area contributed by atoms with Gasteiger partial charge in [-0.3, -0.25) is 5.09 Å². The van der Waals surface area contributed by atoms with E-state index in [4.69, 9.17) is 19.8 Å². The molecule has 2 unspecified atom stereocenters. The van der Waals surface area contributed by atoms with E-state index in [1.807, 2.05) is 6.66 Å². The van der Waals surface area contributed by atoms with Crippen molar-refractivity contribution in [2.24, 2.45) is 0 Å². The van der Waals surface area contributed by atoms with Crippen LogP contribution in [0, 0.1) is 0 Å². The normalized spacial score (nSPS) is 16.1. The summed E-state index contributed by atoms with van der Waals surface area (Å²) >= 11 is 0. The van der Waals surface area contributed by atoms with E-state index in [-0.39, 0.29) is 6.61 Å². The third-order valence-corrected chi connectivity index (χ3v) is 2.73. The van der Waals surface area contributed by atoms with Gasteiger partial charge in [0.05, 0.1) is 33.9 Å². The minimum absolute atomic E-state index is 0.251. The van der Waals surface area contributed by atoms with Crippen LogP contribution in [-0.4, -0.2) is 74.9 Å². The van der Waals surface area contributed by atoms with Crippen molar-refractivity contribution in [3.63, 3.8) is 0 Å². The maximum Gasteiger partial charge on any atom is 0.139 e. The Kier molecular flexibility index (Phi) is 8.40. The molecule has 98 valence electrons. The van der Waals surface area contributed by atoms with E-state index in [1.54, 1.807) is 0 Å². The molecule has 0 aromatic heterocycles. The average molecular weight is 255 g/mol. The van der Waals surface area contributed by atoms with Crippen molar-refractivity contribution >= 4 is 8.30 Å². The molecule has 7 heteroatoms. The summed E-state index contributed by atoms with van der Waals surface area (Å²) in [4.78, 5) is 5.04. The molecule has 0 heterocycles. The van der Waals surface area contributed by atoms with E-state index in [0.29, 0.717) is 13.2 Å². The van der Waals surface area contributed by atoms with Crippen LogP contribution in [0.2, 0.25) is 0 Å². The van der Waals surface area contributed by atoms with E-state index in [2.05, 4.69) is 26.2 Å². The van der Waals surface area contributed by atoms with Gasteiger partial charge in [-0.25, -0.2) is 4.89 Å². The van der Waals surface area contributed by atoms with Crippen molar-refractivity contribution in [3.05, 3.63) is 0 Å². The number of nitrogens with one attached hydrogen (secondary N) is 1. The van der Waals surface area contributed by atoms with Crippen LogP contribution >= 0.6 is 8.30 Å². The van der Waals surface area contributed by atoms with E-state index in [0.717, 1.165) is 11.0 Å².